The molecule has 2 N–H and O–H groups in total. The van der Waals surface area contributed by atoms with Crippen LogP contribution in [0.25, 0.3) is 0 Å². The van der Waals surface area contributed by atoms with Crippen molar-refractivity contribution in [3.8, 4) is 0 Å². The fourth-order valence-electron chi connectivity index (χ4n) is 2.09. The van der Waals surface area contributed by atoms with Crippen molar-refractivity contribution in [2.24, 2.45) is 0 Å². The minimum absolute atomic E-state index is 0.0379. The lowest BCUT2D eigenvalue weighted by molar-refractivity contribution is 0.0932. The second kappa shape index (κ2) is 8.19. The summed E-state index contributed by atoms with van der Waals surface area (Å²) in [5.41, 5.74) is 1.99. The Morgan fingerprint density at radius 1 is 0.958 bits per heavy atom. The number of carbonyl (C=O) groups excluding carboxylic acids is 2. The summed E-state index contributed by atoms with van der Waals surface area (Å²) in [5, 5.41) is 5.53. The predicted molar refractivity (Wildman–Crippen MR) is 93.1 cm³/mol. The first-order chi connectivity index (χ1) is 11.5. The third-order valence-electron chi connectivity index (χ3n) is 3.58. The van der Waals surface area contributed by atoms with Gasteiger partial charge in [0.1, 0.15) is 0 Å². The predicted octanol–water partition coefficient (Wildman–Crippen LogP) is 2.88. The number of nitrogens with zero attached hydrogens (tertiary/aromatic N) is 2. The Labute approximate surface area is 141 Å². The van der Waals surface area contributed by atoms with Crippen LogP contribution in [0.5, 0.6) is 0 Å². The molecule has 1 aromatic heterocycles. The molecule has 0 saturated carbocycles. The molecule has 2 amide bonds. The second-order valence-electron chi connectivity index (χ2n) is 5.52. The van der Waals surface area contributed by atoms with Crippen molar-refractivity contribution in [1.82, 2.24) is 15.3 Å². The van der Waals surface area contributed by atoms with Crippen LogP contribution in [0.2, 0.25) is 0 Å². The van der Waals surface area contributed by atoms with Crippen molar-refractivity contribution in [2.75, 3.05) is 11.9 Å². The zero-order valence-corrected chi connectivity index (χ0v) is 14.2. The first-order valence-corrected chi connectivity index (χ1v) is 8.02. The number of amides is 2. The molecule has 0 aliphatic carbocycles. The van der Waals surface area contributed by atoms with Crippen LogP contribution in [0.3, 0.4) is 0 Å². The van der Waals surface area contributed by atoms with E-state index in [2.05, 4.69) is 20.6 Å². The molecule has 24 heavy (non-hydrogen) atoms. The van der Waals surface area contributed by atoms with E-state index in [1.807, 2.05) is 25.1 Å². The van der Waals surface area contributed by atoms with Crippen molar-refractivity contribution < 1.29 is 9.59 Å². The summed E-state index contributed by atoms with van der Waals surface area (Å²) in [6.45, 7) is 6.12. The lowest BCUT2D eigenvalue weighted by Crippen LogP contribution is -2.30. The molecule has 0 radical (unpaired) electrons. The summed E-state index contributed by atoms with van der Waals surface area (Å²) in [6.07, 6.45) is 1.84. The lowest BCUT2D eigenvalue weighted by Gasteiger charge is -2.11. The van der Waals surface area contributed by atoms with Gasteiger partial charge in [-0.25, -0.2) is 9.97 Å². The summed E-state index contributed by atoms with van der Waals surface area (Å²) < 4.78 is 0. The number of carbonyl (C=O) groups is 2. The van der Waals surface area contributed by atoms with Gasteiger partial charge < -0.3 is 10.6 Å². The highest BCUT2D eigenvalue weighted by atomic mass is 16.2. The number of aromatic nitrogens is 2. The molecule has 0 fully saturated rings. The smallest absolute Gasteiger partial charge is 0.276 e. The number of para-hydroxylation sites is 1. The number of nitrogens with one attached hydrogen (secondary N) is 2. The maximum absolute atomic E-state index is 12.5. The van der Waals surface area contributed by atoms with Gasteiger partial charge in [-0.3, -0.25) is 9.59 Å². The van der Waals surface area contributed by atoms with Gasteiger partial charge in [0.15, 0.2) is 11.4 Å². The highest BCUT2D eigenvalue weighted by Gasteiger charge is 2.22. The molecule has 0 atom stereocenters. The zero-order valence-electron chi connectivity index (χ0n) is 14.2. The van der Waals surface area contributed by atoms with Crippen molar-refractivity contribution in [2.45, 2.75) is 33.6 Å². The van der Waals surface area contributed by atoms with E-state index in [-0.39, 0.29) is 17.3 Å². The van der Waals surface area contributed by atoms with Crippen molar-refractivity contribution in [3.05, 3.63) is 53.1 Å². The Bertz CT molecular complexity index is 729. The van der Waals surface area contributed by atoms with E-state index in [9.17, 15) is 9.59 Å². The molecular weight excluding hydrogens is 304 g/mol. The van der Waals surface area contributed by atoms with E-state index in [1.54, 1.807) is 26.0 Å². The van der Waals surface area contributed by atoms with Crippen LogP contribution in [-0.2, 0) is 0 Å². The Hall–Kier alpha value is -2.76. The van der Waals surface area contributed by atoms with Crippen molar-refractivity contribution in [1.29, 1.82) is 0 Å². The molecule has 0 bridgehead atoms. The first kappa shape index (κ1) is 17.6. The number of anilines is 1. The van der Waals surface area contributed by atoms with Crippen LogP contribution in [0.1, 0.15) is 52.1 Å². The number of hydrogen-bond acceptors (Lipinski definition) is 4. The van der Waals surface area contributed by atoms with Gasteiger partial charge >= 0.3 is 0 Å². The largest absolute Gasteiger partial charge is 0.351 e. The van der Waals surface area contributed by atoms with Gasteiger partial charge in [-0.05, 0) is 32.4 Å². The molecule has 2 aromatic rings. The van der Waals surface area contributed by atoms with Gasteiger partial charge in [-0.1, -0.05) is 31.5 Å². The number of aryl methyl sites for hydroxylation is 2. The molecular formula is C18H22N4O2. The molecule has 1 heterocycles. The number of hydrogen-bond donors (Lipinski definition) is 2. The Kier molecular flexibility index (Phi) is 6.01. The highest BCUT2D eigenvalue weighted by Crippen LogP contribution is 2.12. The van der Waals surface area contributed by atoms with Gasteiger partial charge in [0, 0.05) is 12.2 Å². The molecule has 1 aromatic carbocycles. The van der Waals surface area contributed by atoms with Crippen LogP contribution in [0, 0.1) is 13.8 Å². The number of benzene rings is 1. The molecule has 0 aliphatic rings. The SMILES string of the molecule is CCCCNC(=O)c1nc(C)c(C)nc1C(=O)Nc1ccccc1. The number of unbranched alkanes of at least 4 members (excludes halogenated alkanes) is 1. The van der Waals surface area contributed by atoms with E-state index < -0.39 is 5.91 Å². The minimum atomic E-state index is -0.447. The molecule has 126 valence electrons. The van der Waals surface area contributed by atoms with Gasteiger partial charge in [-0.15, -0.1) is 0 Å². The standard InChI is InChI=1S/C18H22N4O2/c1-4-5-11-19-17(23)15-16(21-13(3)12(2)20-15)18(24)22-14-9-7-6-8-10-14/h6-10H,4-5,11H2,1-3H3,(H,19,23)(H,22,24). The highest BCUT2D eigenvalue weighted by molar-refractivity contribution is 6.10. The van der Waals surface area contributed by atoms with Crippen LogP contribution in [-0.4, -0.2) is 28.3 Å². The average Bonchev–Trinajstić information content (AvgIpc) is 2.57. The zero-order chi connectivity index (χ0) is 17.5. The molecule has 6 nitrogen and oxygen atoms in total. The fraction of sp³-hybridized carbons (Fsp3) is 0.333. The minimum Gasteiger partial charge on any atom is -0.351 e. The molecule has 0 unspecified atom stereocenters. The summed E-state index contributed by atoms with van der Waals surface area (Å²) in [6, 6.07) is 9.04. The topological polar surface area (TPSA) is 84.0 Å². The van der Waals surface area contributed by atoms with Crippen molar-refractivity contribution in [3.63, 3.8) is 0 Å². The van der Waals surface area contributed by atoms with Gasteiger partial charge in [0.2, 0.25) is 0 Å². The van der Waals surface area contributed by atoms with Gasteiger partial charge in [-0.2, -0.15) is 0 Å². The van der Waals surface area contributed by atoms with E-state index in [0.717, 1.165) is 12.8 Å². The Morgan fingerprint density at radius 2 is 1.54 bits per heavy atom. The van der Waals surface area contributed by atoms with E-state index in [0.29, 0.717) is 23.6 Å². The molecule has 0 saturated heterocycles. The van der Waals surface area contributed by atoms with Crippen LogP contribution >= 0.6 is 0 Å². The maximum Gasteiger partial charge on any atom is 0.276 e. The monoisotopic (exact) mass is 326 g/mol. The summed E-state index contributed by atoms with van der Waals surface area (Å²) in [5.74, 6) is -0.824. The molecule has 0 spiro atoms. The van der Waals surface area contributed by atoms with Gasteiger partial charge in [0.25, 0.3) is 11.8 Å². The lowest BCUT2D eigenvalue weighted by atomic mass is 10.2. The van der Waals surface area contributed by atoms with E-state index in [1.165, 1.54) is 0 Å². The second-order valence-corrected chi connectivity index (χ2v) is 5.52. The van der Waals surface area contributed by atoms with Gasteiger partial charge in [0.05, 0.1) is 11.4 Å². The Morgan fingerprint density at radius 3 is 2.12 bits per heavy atom. The van der Waals surface area contributed by atoms with E-state index >= 15 is 0 Å². The van der Waals surface area contributed by atoms with Crippen molar-refractivity contribution >= 4 is 17.5 Å². The molecule has 2 rings (SSSR count). The van der Waals surface area contributed by atoms with Crippen LogP contribution < -0.4 is 10.6 Å². The molecule has 0 aliphatic heterocycles. The fourth-order valence-corrected chi connectivity index (χ4v) is 2.09. The summed E-state index contributed by atoms with van der Waals surface area (Å²) in [4.78, 5) is 33.5. The first-order valence-electron chi connectivity index (χ1n) is 8.02. The summed E-state index contributed by atoms with van der Waals surface area (Å²) >= 11 is 0. The normalized spacial score (nSPS) is 10.3. The average molecular weight is 326 g/mol. The third-order valence-corrected chi connectivity index (χ3v) is 3.58. The van der Waals surface area contributed by atoms with Crippen LogP contribution in [0.15, 0.2) is 30.3 Å². The number of rotatable bonds is 6. The maximum atomic E-state index is 12.5. The quantitative estimate of drug-likeness (QED) is 0.800. The van der Waals surface area contributed by atoms with E-state index in [4.69, 9.17) is 0 Å². The Balaban J connectivity index is 2.28. The molecule has 6 heteroatoms. The summed E-state index contributed by atoms with van der Waals surface area (Å²) in [7, 11) is 0. The van der Waals surface area contributed by atoms with Crippen LogP contribution in [0.4, 0.5) is 5.69 Å². The third kappa shape index (κ3) is 4.38.